The Balaban J connectivity index is 3.38. The first-order chi connectivity index (χ1) is 6.45. The van der Waals surface area contributed by atoms with Gasteiger partial charge in [0.2, 0.25) is 0 Å². The molecule has 0 fully saturated rings. The van der Waals surface area contributed by atoms with Crippen LogP contribution in [0.1, 0.15) is 5.56 Å². The summed E-state index contributed by atoms with van der Waals surface area (Å²) in [4.78, 5) is 4.37. The van der Waals surface area contributed by atoms with E-state index in [0.717, 1.165) is 10.2 Å². The van der Waals surface area contributed by atoms with Gasteiger partial charge in [0.15, 0.2) is 0 Å². The summed E-state index contributed by atoms with van der Waals surface area (Å²) in [6, 6.07) is 4.45. The van der Waals surface area contributed by atoms with Crippen LogP contribution in [0.25, 0.3) is 0 Å². The van der Waals surface area contributed by atoms with Gasteiger partial charge < -0.3 is 9.80 Å². The Kier molecular flexibility index (Phi) is 3.21. The van der Waals surface area contributed by atoms with Gasteiger partial charge >= 0.3 is 0 Å². The first-order valence-electron chi connectivity index (χ1n) is 4.90. The zero-order chi connectivity index (χ0) is 10.9. The Morgan fingerprint density at radius 1 is 1.00 bits per heavy atom. The average molecular weight is 208 g/mol. The fraction of sp³-hybridized carbons (Fsp3) is 0.455. The minimum atomic E-state index is 1.12. The van der Waals surface area contributed by atoms with Gasteiger partial charge in [0.25, 0.3) is 0 Å². The molecule has 2 nitrogen and oxygen atoms in total. The lowest BCUT2D eigenvalue weighted by Crippen LogP contribution is -2.21. The largest absolute Gasteiger partial charge is 0.376 e. The summed E-state index contributed by atoms with van der Waals surface area (Å²) in [5.41, 5.74) is 4.07. The molecular formula is C11H20N2Si. The van der Waals surface area contributed by atoms with E-state index in [2.05, 4.69) is 57.0 Å². The highest BCUT2D eigenvalue weighted by Crippen LogP contribution is 2.28. The Morgan fingerprint density at radius 3 is 2.00 bits per heavy atom. The molecule has 0 heterocycles. The molecule has 1 aromatic rings. The van der Waals surface area contributed by atoms with Gasteiger partial charge in [0.1, 0.15) is 0 Å². The van der Waals surface area contributed by atoms with Crippen molar-refractivity contribution >= 4 is 26.8 Å². The molecule has 0 saturated heterocycles. The third-order valence-electron chi connectivity index (χ3n) is 2.61. The van der Waals surface area contributed by atoms with E-state index in [1.807, 2.05) is 0 Å². The topological polar surface area (TPSA) is 6.48 Å². The van der Waals surface area contributed by atoms with Crippen molar-refractivity contribution in [1.82, 2.24) is 0 Å². The number of anilines is 2. The number of nitrogens with zero attached hydrogens (tertiary/aromatic N) is 2. The van der Waals surface area contributed by atoms with E-state index in [-0.39, 0.29) is 0 Å². The third-order valence-corrected chi connectivity index (χ3v) is 3.69. The van der Waals surface area contributed by atoms with Crippen LogP contribution < -0.4 is 15.0 Å². The maximum atomic E-state index is 2.24. The van der Waals surface area contributed by atoms with Crippen molar-refractivity contribution in [1.29, 1.82) is 0 Å². The lowest BCUT2D eigenvalue weighted by atomic mass is 10.1. The molecule has 0 saturated carbocycles. The van der Waals surface area contributed by atoms with Crippen LogP contribution in [0, 0.1) is 6.92 Å². The fourth-order valence-corrected chi connectivity index (χ4v) is 2.12. The van der Waals surface area contributed by atoms with Crippen LogP contribution in [0.5, 0.6) is 0 Å². The van der Waals surface area contributed by atoms with E-state index < -0.39 is 0 Å². The molecule has 78 valence electrons. The molecule has 0 aliphatic heterocycles. The summed E-state index contributed by atoms with van der Waals surface area (Å²) >= 11 is 0. The van der Waals surface area contributed by atoms with E-state index in [1.54, 1.807) is 0 Å². The molecule has 0 spiro atoms. The van der Waals surface area contributed by atoms with Crippen LogP contribution >= 0.6 is 0 Å². The lowest BCUT2D eigenvalue weighted by Gasteiger charge is -2.25. The number of rotatable bonds is 2. The third kappa shape index (κ3) is 1.92. The van der Waals surface area contributed by atoms with Crippen molar-refractivity contribution in [2.75, 3.05) is 38.0 Å². The smallest absolute Gasteiger partial charge is 0.0626 e. The van der Waals surface area contributed by atoms with Crippen molar-refractivity contribution in [2.24, 2.45) is 0 Å². The van der Waals surface area contributed by atoms with E-state index in [9.17, 15) is 0 Å². The molecule has 0 aliphatic rings. The monoisotopic (exact) mass is 208 g/mol. The predicted molar refractivity (Wildman–Crippen MR) is 69.4 cm³/mol. The van der Waals surface area contributed by atoms with Crippen LogP contribution in [-0.4, -0.2) is 38.4 Å². The molecule has 0 atom stereocenters. The maximum Gasteiger partial charge on any atom is 0.0626 e. The summed E-state index contributed by atoms with van der Waals surface area (Å²) in [6.45, 7) is 2.21. The maximum absolute atomic E-state index is 2.24. The van der Waals surface area contributed by atoms with Crippen molar-refractivity contribution in [3.05, 3.63) is 17.7 Å². The number of benzene rings is 1. The van der Waals surface area contributed by atoms with Crippen LogP contribution in [-0.2, 0) is 0 Å². The molecule has 0 aliphatic carbocycles. The molecule has 0 radical (unpaired) electrons. The molecule has 14 heavy (non-hydrogen) atoms. The Bertz CT molecular complexity index is 332. The first-order valence-corrected chi connectivity index (χ1v) is 5.90. The summed E-state index contributed by atoms with van der Waals surface area (Å²) in [7, 11) is 9.52. The van der Waals surface area contributed by atoms with E-state index in [1.165, 1.54) is 22.1 Å². The quantitative estimate of drug-likeness (QED) is 0.637. The first kappa shape index (κ1) is 11.1. The van der Waals surface area contributed by atoms with Gasteiger partial charge in [0, 0.05) is 38.4 Å². The highest BCUT2D eigenvalue weighted by Gasteiger charge is 2.10. The van der Waals surface area contributed by atoms with Crippen molar-refractivity contribution in [3.63, 3.8) is 0 Å². The summed E-state index contributed by atoms with van der Waals surface area (Å²) in [5.74, 6) is 0. The minimum Gasteiger partial charge on any atom is -0.376 e. The van der Waals surface area contributed by atoms with Gasteiger partial charge in [-0.3, -0.25) is 0 Å². The van der Waals surface area contributed by atoms with Gasteiger partial charge in [-0.2, -0.15) is 0 Å². The summed E-state index contributed by atoms with van der Waals surface area (Å²) in [5, 5.41) is 1.49. The number of hydrogen-bond donors (Lipinski definition) is 0. The van der Waals surface area contributed by atoms with Crippen LogP contribution in [0.15, 0.2) is 12.1 Å². The second-order valence-corrected chi connectivity index (χ2v) is 5.24. The highest BCUT2D eigenvalue weighted by atomic mass is 28.1. The summed E-state index contributed by atoms with van der Waals surface area (Å²) in [6.07, 6.45) is 0. The fourth-order valence-electron chi connectivity index (χ4n) is 1.71. The Morgan fingerprint density at radius 2 is 1.57 bits per heavy atom. The van der Waals surface area contributed by atoms with Crippen molar-refractivity contribution in [3.8, 4) is 0 Å². The SMILES string of the molecule is Cc1c([SiH3])ccc(N(C)C)c1N(C)C. The van der Waals surface area contributed by atoms with Crippen molar-refractivity contribution in [2.45, 2.75) is 6.92 Å². The van der Waals surface area contributed by atoms with E-state index >= 15 is 0 Å². The molecule has 0 unspecified atom stereocenters. The standard InChI is InChI=1S/C11H20N2Si/c1-8-10(14)7-6-9(12(2)3)11(8)13(4)5/h6-7H,1-5,14H3. The highest BCUT2D eigenvalue weighted by molar-refractivity contribution is 6.34. The van der Waals surface area contributed by atoms with Gasteiger partial charge in [0.05, 0.1) is 11.4 Å². The normalized spacial score (nSPS) is 10.4. The van der Waals surface area contributed by atoms with E-state index in [0.29, 0.717) is 0 Å². The van der Waals surface area contributed by atoms with Crippen LogP contribution in [0.3, 0.4) is 0 Å². The second-order valence-electron chi connectivity index (χ2n) is 4.16. The molecule has 0 aromatic heterocycles. The molecule has 1 aromatic carbocycles. The molecule has 0 bridgehead atoms. The zero-order valence-electron chi connectivity index (χ0n) is 10.0. The van der Waals surface area contributed by atoms with Crippen LogP contribution in [0.2, 0.25) is 0 Å². The number of hydrogen-bond acceptors (Lipinski definition) is 2. The van der Waals surface area contributed by atoms with Gasteiger partial charge in [-0.25, -0.2) is 0 Å². The van der Waals surface area contributed by atoms with E-state index in [4.69, 9.17) is 0 Å². The molecule has 0 amide bonds. The zero-order valence-corrected chi connectivity index (χ0v) is 12.0. The molecular weight excluding hydrogens is 188 g/mol. The lowest BCUT2D eigenvalue weighted by molar-refractivity contribution is 1.07. The van der Waals surface area contributed by atoms with Gasteiger partial charge in [-0.1, -0.05) is 11.3 Å². The van der Waals surface area contributed by atoms with Gasteiger partial charge in [-0.15, -0.1) is 0 Å². The second kappa shape index (κ2) is 4.05. The Labute approximate surface area is 89.9 Å². The molecule has 0 N–H and O–H groups in total. The molecule has 1 rings (SSSR count). The minimum absolute atomic E-state index is 1.12. The summed E-state index contributed by atoms with van der Waals surface area (Å²) < 4.78 is 0. The molecule has 3 heteroatoms. The average Bonchev–Trinajstić information content (AvgIpc) is 2.08. The van der Waals surface area contributed by atoms with Gasteiger partial charge in [-0.05, 0) is 18.6 Å². The Hall–Kier alpha value is -0.963. The predicted octanol–water partition coefficient (Wildman–Crippen LogP) is 0.118. The van der Waals surface area contributed by atoms with Crippen molar-refractivity contribution < 1.29 is 0 Å². The van der Waals surface area contributed by atoms with Crippen LogP contribution in [0.4, 0.5) is 11.4 Å².